The Morgan fingerprint density at radius 1 is 1.27 bits per heavy atom. The lowest BCUT2D eigenvalue weighted by Crippen LogP contribution is -2.45. The minimum atomic E-state index is -1.33. The van der Waals surface area contributed by atoms with Crippen LogP contribution in [0.25, 0.3) is 0 Å². The molecule has 0 saturated heterocycles. The van der Waals surface area contributed by atoms with Gasteiger partial charge in [0, 0.05) is 36.1 Å². The molecule has 5 nitrogen and oxygen atoms in total. The Bertz CT molecular complexity index is 532. The fraction of sp³-hybridized carbons (Fsp3) is 0.467. The van der Waals surface area contributed by atoms with Gasteiger partial charge in [0.05, 0.1) is 12.0 Å². The van der Waals surface area contributed by atoms with Crippen LogP contribution in [0, 0.1) is 6.92 Å². The summed E-state index contributed by atoms with van der Waals surface area (Å²) in [6.45, 7) is 4.50. The second kappa shape index (κ2) is 8.86. The van der Waals surface area contributed by atoms with Gasteiger partial charge in [-0.1, -0.05) is 6.07 Å². The zero-order valence-electron chi connectivity index (χ0n) is 12.6. The Morgan fingerprint density at radius 3 is 2.36 bits per heavy atom. The van der Waals surface area contributed by atoms with Gasteiger partial charge in [0.2, 0.25) is 0 Å². The number of anilines is 1. The Morgan fingerprint density at radius 2 is 1.86 bits per heavy atom. The molecule has 1 atom stereocenters. The van der Waals surface area contributed by atoms with Gasteiger partial charge in [-0.2, -0.15) is 0 Å². The molecule has 7 heteroatoms. The van der Waals surface area contributed by atoms with Gasteiger partial charge in [-0.3, -0.25) is 4.79 Å². The number of carboxylic acids is 1. The molecule has 122 valence electrons. The van der Waals surface area contributed by atoms with Crippen molar-refractivity contribution in [3.8, 4) is 0 Å². The van der Waals surface area contributed by atoms with Crippen LogP contribution < -0.4 is 15.3 Å². The van der Waals surface area contributed by atoms with E-state index >= 15 is 0 Å². The molecule has 0 aromatic heterocycles. The third kappa shape index (κ3) is 5.07. The van der Waals surface area contributed by atoms with Crippen molar-refractivity contribution in [3.05, 3.63) is 29.3 Å². The van der Waals surface area contributed by atoms with Crippen LogP contribution in [0.1, 0.15) is 22.8 Å². The van der Waals surface area contributed by atoms with E-state index in [1.807, 2.05) is 17.9 Å². The van der Waals surface area contributed by atoms with E-state index in [2.05, 4.69) is 5.32 Å². The summed E-state index contributed by atoms with van der Waals surface area (Å²) in [4.78, 5) is 24.8. The predicted molar refractivity (Wildman–Crippen MR) is 86.8 cm³/mol. The molecule has 0 spiro atoms. The van der Waals surface area contributed by atoms with Crippen LogP contribution in [0.5, 0.6) is 0 Å². The monoisotopic (exact) mass is 345 g/mol. The van der Waals surface area contributed by atoms with E-state index in [-0.39, 0.29) is 0 Å². The van der Waals surface area contributed by atoms with Crippen molar-refractivity contribution in [1.29, 1.82) is 0 Å². The van der Waals surface area contributed by atoms with Crippen molar-refractivity contribution < 1.29 is 14.7 Å². The van der Waals surface area contributed by atoms with E-state index in [0.29, 0.717) is 30.4 Å². The Kier molecular flexibility index (Phi) is 7.48. The zero-order valence-corrected chi connectivity index (χ0v) is 14.1. The molecule has 1 unspecified atom stereocenters. The third-order valence-electron chi connectivity index (χ3n) is 3.22. The van der Waals surface area contributed by atoms with Crippen LogP contribution in [0.3, 0.4) is 0 Å². The first-order valence-electron chi connectivity index (χ1n) is 6.90. The highest BCUT2D eigenvalue weighted by Gasteiger charge is 2.14. The molecule has 0 radical (unpaired) electrons. The molecule has 0 fully saturated rings. The first kappa shape index (κ1) is 18.6. The molecule has 1 amide bonds. The highest BCUT2D eigenvalue weighted by Crippen LogP contribution is 2.22. The van der Waals surface area contributed by atoms with E-state index < -0.39 is 17.9 Å². The molecule has 1 rings (SSSR count). The Hall–Kier alpha value is -1.46. The summed E-state index contributed by atoms with van der Waals surface area (Å²) in [6.07, 6.45) is 0. The molecule has 0 aliphatic carbocycles. The lowest BCUT2D eigenvalue weighted by molar-refractivity contribution is -0.307. The molecule has 0 aliphatic rings. The standard InChI is InChI=1S/C15H20Cl2N2O3/c1-10-3-4-12(14(20)18-11(2)15(21)22)9-13(10)19(7-5-16)8-6-17/h3-4,9,11H,5-8H2,1-2H3,(H,18,20)(H,21,22)/p-1. The normalized spacial score (nSPS) is 11.8. The van der Waals surface area contributed by atoms with Gasteiger partial charge >= 0.3 is 0 Å². The second-order valence-electron chi connectivity index (χ2n) is 4.88. The quantitative estimate of drug-likeness (QED) is 0.717. The Balaban J connectivity index is 3.01. The minimum absolute atomic E-state index is 0.378. The number of nitrogens with zero attached hydrogens (tertiary/aromatic N) is 1. The maximum atomic E-state index is 12.1. The number of aryl methyl sites for hydroxylation is 1. The molecule has 1 aromatic rings. The van der Waals surface area contributed by atoms with Crippen LogP contribution in [0.4, 0.5) is 5.69 Å². The molecule has 0 bridgehead atoms. The van der Waals surface area contributed by atoms with Crippen molar-refractivity contribution in [2.45, 2.75) is 19.9 Å². The summed E-state index contributed by atoms with van der Waals surface area (Å²) < 4.78 is 0. The highest BCUT2D eigenvalue weighted by molar-refractivity contribution is 6.18. The van der Waals surface area contributed by atoms with E-state index in [4.69, 9.17) is 23.2 Å². The highest BCUT2D eigenvalue weighted by atomic mass is 35.5. The molecule has 0 aliphatic heterocycles. The number of nitrogens with one attached hydrogen (secondary N) is 1. The summed E-state index contributed by atoms with van der Waals surface area (Å²) in [7, 11) is 0. The van der Waals surface area contributed by atoms with Crippen molar-refractivity contribution >= 4 is 40.8 Å². The fourth-order valence-corrected chi connectivity index (χ4v) is 2.40. The van der Waals surface area contributed by atoms with Crippen molar-refractivity contribution in [2.24, 2.45) is 0 Å². The topological polar surface area (TPSA) is 72.5 Å². The number of rotatable bonds is 8. The number of benzene rings is 1. The number of aliphatic carboxylic acids is 1. The van der Waals surface area contributed by atoms with E-state index in [1.165, 1.54) is 6.92 Å². The number of hydrogen-bond donors (Lipinski definition) is 1. The van der Waals surface area contributed by atoms with Crippen molar-refractivity contribution in [1.82, 2.24) is 5.32 Å². The number of carboxylic acid groups (broad SMARTS) is 1. The summed E-state index contributed by atoms with van der Waals surface area (Å²) in [5, 5.41) is 13.1. The van der Waals surface area contributed by atoms with Gasteiger partial charge in [0.15, 0.2) is 0 Å². The summed E-state index contributed by atoms with van der Waals surface area (Å²) >= 11 is 11.6. The summed E-state index contributed by atoms with van der Waals surface area (Å²) in [5.41, 5.74) is 2.22. The largest absolute Gasteiger partial charge is 0.548 e. The van der Waals surface area contributed by atoms with E-state index in [9.17, 15) is 14.7 Å². The number of hydrogen-bond acceptors (Lipinski definition) is 4. The Labute approximate surface area is 140 Å². The number of amides is 1. The van der Waals surface area contributed by atoms with Crippen LogP contribution >= 0.6 is 23.2 Å². The van der Waals surface area contributed by atoms with E-state index in [0.717, 1.165) is 11.3 Å². The van der Waals surface area contributed by atoms with Crippen LogP contribution in [-0.2, 0) is 4.79 Å². The van der Waals surface area contributed by atoms with Crippen LogP contribution in [0.15, 0.2) is 18.2 Å². The van der Waals surface area contributed by atoms with Gasteiger partial charge in [0.25, 0.3) is 5.91 Å². The van der Waals surface area contributed by atoms with E-state index in [1.54, 1.807) is 12.1 Å². The summed E-state index contributed by atoms with van der Waals surface area (Å²) in [5.74, 6) is -0.913. The average molecular weight is 346 g/mol. The SMILES string of the molecule is Cc1ccc(C(=O)NC(C)C(=O)[O-])cc1N(CCCl)CCCl. The van der Waals surface area contributed by atoms with Gasteiger partial charge in [0.1, 0.15) is 0 Å². The lowest BCUT2D eigenvalue weighted by Gasteiger charge is -2.25. The first-order chi connectivity index (χ1) is 10.4. The number of carbonyl (C=O) groups is 2. The average Bonchev–Trinajstić information content (AvgIpc) is 2.47. The number of carbonyl (C=O) groups excluding carboxylic acids is 2. The maximum Gasteiger partial charge on any atom is 0.251 e. The second-order valence-corrected chi connectivity index (χ2v) is 5.64. The molecule has 22 heavy (non-hydrogen) atoms. The molecule has 1 aromatic carbocycles. The molecular weight excluding hydrogens is 327 g/mol. The van der Waals surface area contributed by atoms with Gasteiger partial charge in [-0.25, -0.2) is 0 Å². The number of alkyl halides is 2. The molecule has 0 heterocycles. The van der Waals surface area contributed by atoms with Crippen LogP contribution in [-0.4, -0.2) is 42.8 Å². The summed E-state index contributed by atoms with van der Waals surface area (Å²) in [6, 6.07) is 4.12. The molecule has 1 N–H and O–H groups in total. The smallest absolute Gasteiger partial charge is 0.251 e. The molecule has 0 saturated carbocycles. The fourth-order valence-electron chi connectivity index (χ4n) is 1.99. The molecular formula is C15H19Cl2N2O3-. The lowest BCUT2D eigenvalue weighted by atomic mass is 10.1. The van der Waals surface area contributed by atoms with Gasteiger partial charge in [-0.15, -0.1) is 23.2 Å². The zero-order chi connectivity index (χ0) is 16.7. The van der Waals surface area contributed by atoms with Gasteiger partial charge < -0.3 is 20.1 Å². The first-order valence-corrected chi connectivity index (χ1v) is 7.96. The van der Waals surface area contributed by atoms with Crippen molar-refractivity contribution in [2.75, 3.05) is 29.7 Å². The minimum Gasteiger partial charge on any atom is -0.548 e. The van der Waals surface area contributed by atoms with Gasteiger partial charge in [-0.05, 0) is 31.5 Å². The maximum absolute atomic E-state index is 12.1. The van der Waals surface area contributed by atoms with Crippen LogP contribution in [0.2, 0.25) is 0 Å². The van der Waals surface area contributed by atoms with Crippen molar-refractivity contribution in [3.63, 3.8) is 0 Å². The number of halogens is 2. The third-order valence-corrected chi connectivity index (χ3v) is 3.56. The predicted octanol–water partition coefficient (Wildman–Crippen LogP) is 1.15.